The minimum Gasteiger partial charge on any atom is -0.497 e. The van der Waals surface area contributed by atoms with Crippen molar-refractivity contribution in [2.75, 3.05) is 19.5 Å². The standard InChI is InChI=1S/C21H24N4O4S/c1-13(20(26)22-15-9-17(27-2)11-18(10-15)28-3)30-21-24-23-19(14-6-7-14)25(21)12-16-5-4-8-29-16/h4-5,8-11,13-14H,6-7,12H2,1-3H3,(H,22,26). The van der Waals surface area contributed by atoms with Gasteiger partial charge in [-0.2, -0.15) is 0 Å². The summed E-state index contributed by atoms with van der Waals surface area (Å²) in [6.45, 7) is 2.40. The number of anilines is 1. The molecule has 0 spiro atoms. The van der Waals surface area contributed by atoms with E-state index in [-0.39, 0.29) is 11.2 Å². The van der Waals surface area contributed by atoms with Crippen LogP contribution in [0.15, 0.2) is 46.2 Å². The smallest absolute Gasteiger partial charge is 0.237 e. The molecule has 2 aromatic heterocycles. The zero-order chi connectivity index (χ0) is 21.1. The second-order valence-electron chi connectivity index (χ2n) is 7.13. The molecule has 0 saturated heterocycles. The molecule has 0 aliphatic heterocycles. The fourth-order valence-electron chi connectivity index (χ4n) is 3.07. The molecule has 4 rings (SSSR count). The van der Waals surface area contributed by atoms with Crippen molar-refractivity contribution in [1.29, 1.82) is 0 Å². The molecule has 8 nitrogen and oxygen atoms in total. The van der Waals surface area contributed by atoms with Gasteiger partial charge < -0.3 is 19.2 Å². The van der Waals surface area contributed by atoms with Crippen LogP contribution in [0.3, 0.4) is 0 Å². The Hall–Kier alpha value is -2.94. The largest absolute Gasteiger partial charge is 0.497 e. The van der Waals surface area contributed by atoms with Crippen LogP contribution in [-0.2, 0) is 11.3 Å². The Morgan fingerprint density at radius 1 is 1.27 bits per heavy atom. The van der Waals surface area contributed by atoms with Gasteiger partial charge in [-0.25, -0.2) is 0 Å². The fraction of sp³-hybridized carbons (Fsp3) is 0.381. The maximum atomic E-state index is 12.8. The molecule has 9 heteroatoms. The zero-order valence-electron chi connectivity index (χ0n) is 17.1. The number of nitrogens with zero attached hydrogens (tertiary/aromatic N) is 3. The molecular weight excluding hydrogens is 404 g/mol. The molecule has 1 atom stereocenters. The van der Waals surface area contributed by atoms with Gasteiger partial charge in [0, 0.05) is 29.8 Å². The number of hydrogen-bond donors (Lipinski definition) is 1. The van der Waals surface area contributed by atoms with Crippen LogP contribution in [-0.4, -0.2) is 40.1 Å². The molecule has 0 radical (unpaired) electrons. The number of nitrogens with one attached hydrogen (secondary N) is 1. The summed E-state index contributed by atoms with van der Waals surface area (Å²) >= 11 is 1.38. The number of ether oxygens (including phenoxy) is 2. The first-order chi connectivity index (χ1) is 14.6. The van der Waals surface area contributed by atoms with E-state index in [4.69, 9.17) is 13.9 Å². The summed E-state index contributed by atoms with van der Waals surface area (Å²) in [5.74, 6) is 3.30. The number of aromatic nitrogens is 3. The maximum absolute atomic E-state index is 12.8. The van der Waals surface area contributed by atoms with Crippen LogP contribution in [0.5, 0.6) is 11.5 Å². The van der Waals surface area contributed by atoms with Crippen LogP contribution in [0, 0.1) is 0 Å². The van der Waals surface area contributed by atoms with E-state index >= 15 is 0 Å². The zero-order valence-corrected chi connectivity index (χ0v) is 17.9. The topological polar surface area (TPSA) is 91.4 Å². The predicted octanol–water partition coefficient (Wildman–Crippen LogP) is 3.93. The van der Waals surface area contributed by atoms with Gasteiger partial charge in [-0.15, -0.1) is 10.2 Å². The molecule has 1 amide bonds. The van der Waals surface area contributed by atoms with Gasteiger partial charge in [-0.05, 0) is 31.9 Å². The van der Waals surface area contributed by atoms with Crippen molar-refractivity contribution in [3.63, 3.8) is 0 Å². The molecule has 1 aliphatic carbocycles. The van der Waals surface area contributed by atoms with Crippen LogP contribution in [0.1, 0.15) is 37.3 Å². The van der Waals surface area contributed by atoms with Crippen LogP contribution in [0.25, 0.3) is 0 Å². The van der Waals surface area contributed by atoms with Crippen LogP contribution >= 0.6 is 11.8 Å². The highest BCUT2D eigenvalue weighted by molar-refractivity contribution is 8.00. The van der Waals surface area contributed by atoms with Crippen molar-refractivity contribution in [2.24, 2.45) is 0 Å². The quantitative estimate of drug-likeness (QED) is 0.516. The van der Waals surface area contributed by atoms with E-state index in [0.717, 1.165) is 24.4 Å². The van der Waals surface area contributed by atoms with E-state index in [0.29, 0.717) is 34.8 Å². The summed E-state index contributed by atoms with van der Waals surface area (Å²) in [6.07, 6.45) is 3.89. The monoisotopic (exact) mass is 428 g/mol. The highest BCUT2D eigenvalue weighted by atomic mass is 32.2. The third-order valence-electron chi connectivity index (χ3n) is 4.85. The molecule has 158 valence electrons. The number of furan rings is 1. The van der Waals surface area contributed by atoms with E-state index in [2.05, 4.69) is 20.1 Å². The number of carbonyl (C=O) groups excluding carboxylic acids is 1. The maximum Gasteiger partial charge on any atom is 0.237 e. The normalized spacial score (nSPS) is 14.4. The summed E-state index contributed by atoms with van der Waals surface area (Å²) in [5, 5.41) is 12.0. The average Bonchev–Trinajstić information content (AvgIpc) is 3.32. The van der Waals surface area contributed by atoms with E-state index in [9.17, 15) is 4.79 Å². The summed E-state index contributed by atoms with van der Waals surface area (Å²) in [6, 6.07) is 9.05. The minimum atomic E-state index is -0.381. The average molecular weight is 429 g/mol. The molecule has 1 aromatic carbocycles. The summed E-state index contributed by atoms with van der Waals surface area (Å²) in [4.78, 5) is 12.8. The Bertz CT molecular complexity index is 992. The number of benzene rings is 1. The molecule has 1 fully saturated rings. The highest BCUT2D eigenvalue weighted by Crippen LogP contribution is 2.40. The number of rotatable bonds is 9. The van der Waals surface area contributed by atoms with Crippen molar-refractivity contribution >= 4 is 23.4 Å². The van der Waals surface area contributed by atoms with Gasteiger partial charge in [0.25, 0.3) is 0 Å². The molecule has 2 heterocycles. The van der Waals surface area contributed by atoms with Crippen molar-refractivity contribution in [2.45, 2.75) is 42.6 Å². The lowest BCUT2D eigenvalue weighted by molar-refractivity contribution is -0.115. The fourth-order valence-corrected chi connectivity index (χ4v) is 3.93. The third kappa shape index (κ3) is 4.62. The molecule has 1 N–H and O–H groups in total. The molecule has 3 aromatic rings. The third-order valence-corrected chi connectivity index (χ3v) is 5.93. The van der Waals surface area contributed by atoms with Crippen molar-refractivity contribution in [3.05, 3.63) is 48.2 Å². The van der Waals surface area contributed by atoms with Crippen molar-refractivity contribution in [1.82, 2.24) is 14.8 Å². The molecular formula is C21H24N4O4S. The summed E-state index contributed by atoms with van der Waals surface area (Å²) in [7, 11) is 3.14. The Labute approximate surface area is 179 Å². The number of amides is 1. The lowest BCUT2D eigenvalue weighted by Gasteiger charge is -2.14. The number of hydrogen-bond acceptors (Lipinski definition) is 7. The Morgan fingerprint density at radius 2 is 2.00 bits per heavy atom. The van der Waals surface area contributed by atoms with E-state index in [1.807, 2.05) is 19.1 Å². The van der Waals surface area contributed by atoms with Gasteiger partial charge >= 0.3 is 0 Å². The van der Waals surface area contributed by atoms with Gasteiger partial charge in [-0.3, -0.25) is 9.36 Å². The van der Waals surface area contributed by atoms with Crippen molar-refractivity contribution < 1.29 is 18.7 Å². The first kappa shape index (κ1) is 20.3. The van der Waals surface area contributed by atoms with Crippen LogP contribution in [0.4, 0.5) is 5.69 Å². The Kier molecular flexibility index (Phi) is 5.98. The SMILES string of the molecule is COc1cc(NC(=O)C(C)Sc2nnc(C3CC3)n2Cc2ccco2)cc(OC)c1. The lowest BCUT2D eigenvalue weighted by Crippen LogP contribution is -2.23. The van der Waals surface area contributed by atoms with Gasteiger partial charge in [0.1, 0.15) is 23.1 Å². The Morgan fingerprint density at radius 3 is 2.60 bits per heavy atom. The second-order valence-corrected chi connectivity index (χ2v) is 8.44. The van der Waals surface area contributed by atoms with E-state index in [1.54, 1.807) is 38.7 Å². The molecule has 1 saturated carbocycles. The van der Waals surface area contributed by atoms with Crippen LogP contribution in [0.2, 0.25) is 0 Å². The first-order valence-corrected chi connectivity index (χ1v) is 10.6. The second kappa shape index (κ2) is 8.83. The highest BCUT2D eigenvalue weighted by Gasteiger charge is 2.31. The number of methoxy groups -OCH3 is 2. The Balaban J connectivity index is 1.48. The first-order valence-electron chi connectivity index (χ1n) is 9.73. The minimum absolute atomic E-state index is 0.143. The molecule has 1 unspecified atom stereocenters. The molecule has 1 aliphatic rings. The molecule has 30 heavy (non-hydrogen) atoms. The van der Waals surface area contributed by atoms with E-state index < -0.39 is 0 Å². The summed E-state index contributed by atoms with van der Waals surface area (Å²) < 4.78 is 18.1. The van der Waals surface area contributed by atoms with Crippen LogP contribution < -0.4 is 14.8 Å². The van der Waals surface area contributed by atoms with Gasteiger partial charge in [0.05, 0.1) is 32.3 Å². The van der Waals surface area contributed by atoms with Gasteiger partial charge in [0.15, 0.2) is 5.16 Å². The summed E-state index contributed by atoms with van der Waals surface area (Å²) in [5.41, 5.74) is 0.611. The van der Waals surface area contributed by atoms with Gasteiger partial charge in [0.2, 0.25) is 5.91 Å². The van der Waals surface area contributed by atoms with Crippen molar-refractivity contribution in [3.8, 4) is 11.5 Å². The number of carbonyl (C=O) groups is 1. The van der Waals surface area contributed by atoms with E-state index in [1.165, 1.54) is 11.8 Å². The predicted molar refractivity (Wildman–Crippen MR) is 113 cm³/mol. The lowest BCUT2D eigenvalue weighted by atomic mass is 10.2. The number of thioether (sulfide) groups is 1. The molecule has 0 bridgehead atoms. The van der Waals surface area contributed by atoms with Gasteiger partial charge in [-0.1, -0.05) is 11.8 Å².